The topological polar surface area (TPSA) is 91.6 Å². The van der Waals surface area contributed by atoms with Crippen molar-refractivity contribution in [3.05, 3.63) is 22.5 Å². The largest absolute Gasteiger partial charge is 0.512 e. The molecule has 1 rings (SSSR count). The molecule has 0 aromatic rings. The Morgan fingerprint density at radius 1 is 0.882 bits per heavy atom. The first-order valence-corrected chi connectivity index (χ1v) is 5.60. The molecule has 1 N–H and O–H groups in total. The highest BCUT2D eigenvalue weighted by Gasteiger charge is 2.17. The van der Waals surface area contributed by atoms with Crippen LogP contribution in [0.4, 0.5) is 0 Å². The smallest absolute Gasteiger partial charge is 0.147 e. The summed E-state index contributed by atoms with van der Waals surface area (Å²) in [7, 11) is 0. The van der Waals surface area contributed by atoms with Gasteiger partial charge in [0.25, 0.3) is 0 Å². The minimum atomic E-state index is -0.213. The monoisotopic (exact) mass is 227 g/mol. The first-order chi connectivity index (χ1) is 8.24. The number of rotatable bonds is 1. The van der Waals surface area contributed by atoms with Crippen LogP contribution in [-0.2, 0) is 0 Å². The molecular formula is C13H13N3O. The van der Waals surface area contributed by atoms with E-state index in [-0.39, 0.29) is 16.9 Å². The fourth-order valence-electron chi connectivity index (χ4n) is 1.92. The van der Waals surface area contributed by atoms with E-state index in [0.717, 1.165) is 25.7 Å². The highest BCUT2D eigenvalue weighted by molar-refractivity contribution is 5.56. The van der Waals surface area contributed by atoms with Gasteiger partial charge in [-0.05, 0) is 19.3 Å². The lowest BCUT2D eigenvalue weighted by molar-refractivity contribution is 0.366. The van der Waals surface area contributed by atoms with Gasteiger partial charge in [0, 0.05) is 12.0 Å². The van der Waals surface area contributed by atoms with Gasteiger partial charge in [0.1, 0.15) is 23.8 Å². The average Bonchev–Trinajstić information content (AvgIpc) is 2.33. The predicted octanol–water partition coefficient (Wildman–Crippen LogP) is 3.02. The van der Waals surface area contributed by atoms with Crippen LogP contribution in [-0.4, -0.2) is 5.11 Å². The van der Waals surface area contributed by atoms with Crippen LogP contribution in [0.25, 0.3) is 0 Å². The van der Waals surface area contributed by atoms with Crippen molar-refractivity contribution in [1.82, 2.24) is 0 Å². The highest BCUT2D eigenvalue weighted by Crippen LogP contribution is 2.28. The fourth-order valence-corrected chi connectivity index (χ4v) is 1.92. The fraction of sp³-hybridized carbons (Fsp3) is 0.462. The average molecular weight is 227 g/mol. The molecular weight excluding hydrogens is 214 g/mol. The normalized spacial score (nSPS) is 20.1. The summed E-state index contributed by atoms with van der Waals surface area (Å²) in [6.07, 6.45) is 4.93. The Hall–Kier alpha value is -2.25. The van der Waals surface area contributed by atoms with Crippen LogP contribution in [0.1, 0.15) is 38.5 Å². The molecule has 86 valence electrons. The molecule has 0 radical (unpaired) electrons. The zero-order chi connectivity index (χ0) is 12.7. The van der Waals surface area contributed by atoms with Crippen LogP contribution in [0.5, 0.6) is 0 Å². The molecule has 4 heteroatoms. The maximum Gasteiger partial charge on any atom is 0.147 e. The maximum absolute atomic E-state index is 9.89. The summed E-state index contributed by atoms with van der Waals surface area (Å²) in [6.45, 7) is 0. The number of aliphatic hydroxyl groups excluding tert-OH is 1. The van der Waals surface area contributed by atoms with E-state index in [9.17, 15) is 5.11 Å². The van der Waals surface area contributed by atoms with Crippen LogP contribution in [0.2, 0.25) is 0 Å². The molecule has 0 spiro atoms. The van der Waals surface area contributed by atoms with Gasteiger partial charge < -0.3 is 5.11 Å². The number of hydrogen-bond donors (Lipinski definition) is 1. The summed E-state index contributed by atoms with van der Waals surface area (Å²) in [5.74, 6) is 0.157. The lowest BCUT2D eigenvalue weighted by Gasteiger charge is -2.13. The van der Waals surface area contributed by atoms with Gasteiger partial charge in [0.05, 0.1) is 11.3 Å². The van der Waals surface area contributed by atoms with Crippen molar-refractivity contribution in [2.45, 2.75) is 38.5 Å². The van der Waals surface area contributed by atoms with Crippen molar-refractivity contribution in [2.75, 3.05) is 0 Å². The molecule has 17 heavy (non-hydrogen) atoms. The second-order valence-electron chi connectivity index (χ2n) is 3.92. The molecule has 0 aromatic heterocycles. The van der Waals surface area contributed by atoms with E-state index < -0.39 is 0 Å². The van der Waals surface area contributed by atoms with Crippen LogP contribution in [0, 0.1) is 34.0 Å². The maximum atomic E-state index is 9.89. The van der Waals surface area contributed by atoms with Gasteiger partial charge in [-0.1, -0.05) is 12.8 Å². The first kappa shape index (κ1) is 12.8. The van der Waals surface area contributed by atoms with Crippen molar-refractivity contribution in [2.24, 2.45) is 0 Å². The molecule has 0 aromatic carbocycles. The molecule has 4 nitrogen and oxygen atoms in total. The van der Waals surface area contributed by atoms with Gasteiger partial charge in [-0.15, -0.1) is 0 Å². The summed E-state index contributed by atoms with van der Waals surface area (Å²) in [4.78, 5) is 0. The number of aliphatic hydroxyl groups is 1. The van der Waals surface area contributed by atoms with Crippen LogP contribution >= 0.6 is 0 Å². The molecule has 0 atom stereocenters. The Morgan fingerprint density at radius 2 is 1.47 bits per heavy atom. The number of nitriles is 3. The summed E-state index contributed by atoms with van der Waals surface area (Å²) in [5, 5.41) is 36.5. The van der Waals surface area contributed by atoms with E-state index in [2.05, 4.69) is 0 Å². The molecule has 0 fully saturated rings. The van der Waals surface area contributed by atoms with Crippen molar-refractivity contribution < 1.29 is 5.11 Å². The Bertz CT molecular complexity index is 464. The predicted molar refractivity (Wildman–Crippen MR) is 61.2 cm³/mol. The van der Waals surface area contributed by atoms with Crippen molar-refractivity contribution >= 4 is 0 Å². The third-order valence-electron chi connectivity index (χ3n) is 2.83. The molecule has 0 unspecified atom stereocenters. The van der Waals surface area contributed by atoms with E-state index in [4.69, 9.17) is 15.8 Å². The minimum Gasteiger partial charge on any atom is -0.512 e. The van der Waals surface area contributed by atoms with Crippen molar-refractivity contribution in [1.29, 1.82) is 15.8 Å². The van der Waals surface area contributed by atoms with Gasteiger partial charge in [0.15, 0.2) is 0 Å². The van der Waals surface area contributed by atoms with Crippen molar-refractivity contribution in [3.63, 3.8) is 0 Å². The summed E-state index contributed by atoms with van der Waals surface area (Å²) in [6, 6.07) is 5.28. The number of nitrogens with zero attached hydrogens (tertiary/aromatic N) is 3. The molecule has 0 aliphatic heterocycles. The third-order valence-corrected chi connectivity index (χ3v) is 2.83. The molecule has 0 amide bonds. The zero-order valence-electron chi connectivity index (χ0n) is 9.53. The third kappa shape index (κ3) is 3.10. The molecule has 0 bridgehead atoms. The molecule has 0 heterocycles. The van der Waals surface area contributed by atoms with Crippen molar-refractivity contribution in [3.8, 4) is 18.2 Å². The Kier molecular flexibility index (Phi) is 4.79. The van der Waals surface area contributed by atoms with Gasteiger partial charge in [-0.25, -0.2) is 0 Å². The Balaban J connectivity index is 3.24. The summed E-state index contributed by atoms with van der Waals surface area (Å²) >= 11 is 0. The molecule has 0 saturated heterocycles. The Labute approximate surface area is 101 Å². The molecule has 0 saturated carbocycles. The lowest BCUT2D eigenvalue weighted by Crippen LogP contribution is -2.01. The van der Waals surface area contributed by atoms with Gasteiger partial charge >= 0.3 is 0 Å². The van der Waals surface area contributed by atoms with Crippen LogP contribution < -0.4 is 0 Å². The van der Waals surface area contributed by atoms with E-state index in [1.807, 2.05) is 6.07 Å². The van der Waals surface area contributed by atoms with Crippen LogP contribution in [0.15, 0.2) is 22.5 Å². The number of hydrogen-bond acceptors (Lipinski definition) is 4. The molecule has 1 aliphatic carbocycles. The van der Waals surface area contributed by atoms with E-state index in [0.29, 0.717) is 18.4 Å². The second-order valence-corrected chi connectivity index (χ2v) is 3.92. The second kappa shape index (κ2) is 6.36. The summed E-state index contributed by atoms with van der Waals surface area (Å²) < 4.78 is 0. The van der Waals surface area contributed by atoms with E-state index >= 15 is 0 Å². The quantitative estimate of drug-likeness (QED) is 0.697. The minimum absolute atomic E-state index is 0.0365. The van der Waals surface area contributed by atoms with E-state index in [1.165, 1.54) is 0 Å². The lowest BCUT2D eigenvalue weighted by atomic mass is 9.91. The van der Waals surface area contributed by atoms with Gasteiger partial charge in [-0.3, -0.25) is 0 Å². The highest BCUT2D eigenvalue weighted by atomic mass is 16.3. The SMILES string of the molecule is N#CC(C#N)=C(C#N)/C1=C(\O)CCCCCC1. The zero-order valence-corrected chi connectivity index (χ0v) is 9.53. The van der Waals surface area contributed by atoms with Gasteiger partial charge in [-0.2, -0.15) is 15.8 Å². The van der Waals surface area contributed by atoms with Crippen LogP contribution in [0.3, 0.4) is 0 Å². The van der Waals surface area contributed by atoms with E-state index in [1.54, 1.807) is 12.1 Å². The molecule has 1 aliphatic rings. The van der Waals surface area contributed by atoms with Gasteiger partial charge in [0.2, 0.25) is 0 Å². The first-order valence-electron chi connectivity index (χ1n) is 5.60. The number of allylic oxidation sites excluding steroid dienone is 4. The standard InChI is InChI=1S/C13H13N3O/c14-7-10(8-15)12(9-16)11-5-3-1-2-4-6-13(11)17/h17H,1-6H2/b13-11-. The Morgan fingerprint density at radius 3 is 2.00 bits per heavy atom. The summed E-state index contributed by atoms with van der Waals surface area (Å²) in [5.41, 5.74) is 0.300.